The van der Waals surface area contributed by atoms with Gasteiger partial charge in [0.2, 0.25) is 0 Å². The van der Waals surface area contributed by atoms with Crippen molar-refractivity contribution >= 4 is 23.4 Å². The fraction of sp³-hybridized carbons (Fsp3) is 0.560. The summed E-state index contributed by atoms with van der Waals surface area (Å²) >= 11 is 5.87. The van der Waals surface area contributed by atoms with Gasteiger partial charge in [0.05, 0.1) is 5.02 Å². The first-order valence-corrected chi connectivity index (χ1v) is 12.7. The zero-order valence-electron chi connectivity index (χ0n) is 19.6. The maximum absolute atomic E-state index is 14.1. The van der Waals surface area contributed by atoms with Crippen molar-refractivity contribution in [3.05, 3.63) is 52.2 Å². The van der Waals surface area contributed by atoms with Crippen molar-refractivity contribution in [1.82, 2.24) is 25.1 Å². The predicted molar refractivity (Wildman–Crippen MR) is 131 cm³/mol. The van der Waals surface area contributed by atoms with Crippen LogP contribution in [0.2, 0.25) is 5.02 Å². The van der Waals surface area contributed by atoms with Crippen LogP contribution in [0.25, 0.3) is 0 Å². The molecule has 0 bridgehead atoms. The van der Waals surface area contributed by atoms with E-state index in [2.05, 4.69) is 27.1 Å². The van der Waals surface area contributed by atoms with Gasteiger partial charge in [0, 0.05) is 50.0 Å². The molecule has 9 heteroatoms. The molecule has 2 amide bonds. The average molecular weight is 487 g/mol. The lowest BCUT2D eigenvalue weighted by molar-refractivity contribution is 0.115. The molecule has 3 heterocycles. The molecule has 5 rings (SSSR count). The number of halogens is 2. The highest BCUT2D eigenvalue weighted by Crippen LogP contribution is 2.37. The van der Waals surface area contributed by atoms with Crippen LogP contribution in [-0.4, -0.2) is 71.1 Å². The number of piperazine rings is 1. The van der Waals surface area contributed by atoms with Gasteiger partial charge in [0.25, 0.3) is 0 Å². The van der Waals surface area contributed by atoms with Gasteiger partial charge in [-0.25, -0.2) is 19.2 Å². The van der Waals surface area contributed by atoms with Crippen LogP contribution in [0.4, 0.5) is 15.0 Å². The highest BCUT2D eigenvalue weighted by molar-refractivity contribution is 6.30. The Morgan fingerprint density at radius 1 is 1.18 bits per heavy atom. The number of piperidine rings is 1. The minimum Gasteiger partial charge on any atom is -0.353 e. The topological polar surface area (TPSA) is 64.6 Å². The third kappa shape index (κ3) is 4.70. The molecule has 1 aromatic carbocycles. The highest BCUT2D eigenvalue weighted by Gasteiger charge is 2.33. The smallest absolute Gasteiger partial charge is 0.320 e. The third-order valence-corrected chi connectivity index (χ3v) is 7.74. The van der Waals surface area contributed by atoms with Gasteiger partial charge in [0.15, 0.2) is 0 Å². The van der Waals surface area contributed by atoms with E-state index in [0.717, 1.165) is 63.2 Å². The lowest BCUT2D eigenvalue weighted by Gasteiger charge is -2.42. The number of carbonyl (C=O) groups is 1. The quantitative estimate of drug-likeness (QED) is 0.711. The molecule has 3 aliphatic rings. The van der Waals surface area contributed by atoms with Crippen molar-refractivity contribution in [2.75, 3.05) is 44.2 Å². The second-order valence-corrected chi connectivity index (χ2v) is 10.0. The molecular formula is C25H32ClFN6O. The van der Waals surface area contributed by atoms with Crippen LogP contribution in [0.5, 0.6) is 0 Å². The molecular weight excluding hydrogens is 455 g/mol. The maximum Gasteiger partial charge on any atom is 0.320 e. The Hall–Kier alpha value is -2.45. The van der Waals surface area contributed by atoms with E-state index in [1.807, 2.05) is 15.9 Å². The van der Waals surface area contributed by atoms with Crippen molar-refractivity contribution in [2.45, 2.75) is 51.1 Å². The average Bonchev–Trinajstić information content (AvgIpc) is 3.26. The highest BCUT2D eigenvalue weighted by atomic mass is 35.5. The summed E-state index contributed by atoms with van der Waals surface area (Å²) in [5, 5.41) is 3.47. The number of aryl methyl sites for hydroxylation is 1. The van der Waals surface area contributed by atoms with Crippen molar-refractivity contribution in [3.8, 4) is 0 Å². The molecule has 2 saturated heterocycles. The molecule has 1 N–H and O–H groups in total. The monoisotopic (exact) mass is 486 g/mol. The number of rotatable bonds is 4. The number of hydrogen-bond donors (Lipinski definition) is 1. The van der Waals surface area contributed by atoms with Crippen LogP contribution < -0.4 is 10.2 Å². The second-order valence-electron chi connectivity index (χ2n) is 9.61. The fourth-order valence-electron chi connectivity index (χ4n) is 5.47. The van der Waals surface area contributed by atoms with E-state index in [0.29, 0.717) is 25.6 Å². The number of hydrogen-bond acceptors (Lipinski definition) is 5. The first-order chi connectivity index (χ1) is 16.5. The predicted octanol–water partition coefficient (Wildman–Crippen LogP) is 3.82. The second kappa shape index (κ2) is 10.0. The van der Waals surface area contributed by atoms with Gasteiger partial charge in [-0.3, -0.25) is 0 Å². The molecule has 0 saturated carbocycles. The third-order valence-electron chi connectivity index (χ3n) is 7.43. The minimum atomic E-state index is -0.447. The van der Waals surface area contributed by atoms with E-state index in [9.17, 15) is 9.18 Å². The Morgan fingerprint density at radius 2 is 1.94 bits per heavy atom. The molecule has 1 aliphatic carbocycles. The molecule has 34 heavy (non-hydrogen) atoms. The number of nitrogens with one attached hydrogen (secondary N) is 1. The van der Waals surface area contributed by atoms with Crippen molar-refractivity contribution in [2.24, 2.45) is 0 Å². The number of carbonyl (C=O) groups excluding carboxylic acids is 1. The zero-order chi connectivity index (χ0) is 23.7. The zero-order valence-corrected chi connectivity index (χ0v) is 20.4. The molecule has 182 valence electrons. The summed E-state index contributed by atoms with van der Waals surface area (Å²) in [5.74, 6) is 1.06. The van der Waals surface area contributed by atoms with Crippen LogP contribution in [0, 0.1) is 5.82 Å². The Kier molecular flexibility index (Phi) is 6.88. The molecule has 1 atom stereocenters. The van der Waals surface area contributed by atoms with Gasteiger partial charge in [0.1, 0.15) is 18.0 Å². The van der Waals surface area contributed by atoms with E-state index in [-0.39, 0.29) is 17.1 Å². The van der Waals surface area contributed by atoms with Crippen LogP contribution in [0.3, 0.4) is 0 Å². The summed E-state index contributed by atoms with van der Waals surface area (Å²) in [4.78, 5) is 29.0. The summed E-state index contributed by atoms with van der Waals surface area (Å²) in [6, 6.07) is 4.98. The van der Waals surface area contributed by atoms with E-state index < -0.39 is 5.82 Å². The van der Waals surface area contributed by atoms with Gasteiger partial charge in [-0.2, -0.15) is 0 Å². The Balaban J connectivity index is 1.30. The summed E-state index contributed by atoms with van der Waals surface area (Å²) < 4.78 is 14.1. The minimum absolute atomic E-state index is 0.0307. The number of anilines is 1. The molecule has 2 fully saturated rings. The van der Waals surface area contributed by atoms with Gasteiger partial charge in [-0.05, 0) is 62.4 Å². The van der Waals surface area contributed by atoms with Crippen LogP contribution in [0.1, 0.15) is 48.9 Å². The fourth-order valence-corrected chi connectivity index (χ4v) is 5.59. The lowest BCUT2D eigenvalue weighted by Crippen LogP contribution is -2.56. The molecule has 2 aliphatic heterocycles. The van der Waals surface area contributed by atoms with Gasteiger partial charge < -0.3 is 20.0 Å². The first-order valence-electron chi connectivity index (χ1n) is 12.3. The van der Waals surface area contributed by atoms with Crippen LogP contribution in [0.15, 0.2) is 24.5 Å². The number of urea groups is 1. The Labute approximate surface area is 205 Å². The standard InChI is InChI=1S/C25H32ClFN6O/c1-17-2-5-22-23(17)24(30-16-29-22)31-10-12-32(13-11-31)25(34)33(19-6-8-28-9-7-19)15-18-3-4-20(26)21(27)14-18/h3-4,14,16-17,19,28H,2,5-13,15H2,1H3/t17-/m1/s1. The Morgan fingerprint density at radius 3 is 2.68 bits per heavy atom. The largest absolute Gasteiger partial charge is 0.353 e. The molecule has 1 aromatic heterocycles. The molecule has 2 aromatic rings. The van der Waals surface area contributed by atoms with E-state index in [1.54, 1.807) is 12.4 Å². The van der Waals surface area contributed by atoms with Gasteiger partial charge >= 0.3 is 6.03 Å². The summed E-state index contributed by atoms with van der Waals surface area (Å²) in [6.07, 6.45) is 5.60. The molecule has 7 nitrogen and oxygen atoms in total. The summed E-state index contributed by atoms with van der Waals surface area (Å²) in [5.41, 5.74) is 3.21. The normalized spacial score (nSPS) is 21.0. The number of aromatic nitrogens is 2. The van der Waals surface area contributed by atoms with Gasteiger partial charge in [-0.1, -0.05) is 24.6 Å². The van der Waals surface area contributed by atoms with Crippen LogP contribution >= 0.6 is 11.6 Å². The SMILES string of the molecule is C[C@@H]1CCc2ncnc(N3CCN(C(=O)N(Cc4ccc(Cl)c(F)c4)C4CCNCC4)CC3)c21. The number of benzene rings is 1. The summed E-state index contributed by atoms with van der Waals surface area (Å²) in [6.45, 7) is 7.17. The molecule has 0 spiro atoms. The molecule has 0 unspecified atom stereocenters. The van der Waals surface area contributed by atoms with Crippen molar-refractivity contribution < 1.29 is 9.18 Å². The summed E-state index contributed by atoms with van der Waals surface area (Å²) in [7, 11) is 0. The maximum atomic E-state index is 14.1. The molecule has 0 radical (unpaired) electrons. The lowest BCUT2D eigenvalue weighted by atomic mass is 10.0. The van der Waals surface area contributed by atoms with Crippen LogP contribution in [-0.2, 0) is 13.0 Å². The number of amides is 2. The van der Waals surface area contributed by atoms with Crippen molar-refractivity contribution in [1.29, 1.82) is 0 Å². The number of fused-ring (bicyclic) bond motifs is 1. The first kappa shape index (κ1) is 23.3. The number of nitrogens with zero attached hydrogens (tertiary/aromatic N) is 5. The van der Waals surface area contributed by atoms with E-state index in [1.165, 1.54) is 17.3 Å². The van der Waals surface area contributed by atoms with E-state index >= 15 is 0 Å². The van der Waals surface area contributed by atoms with Crippen molar-refractivity contribution in [3.63, 3.8) is 0 Å². The Bertz CT molecular complexity index is 1040. The van der Waals surface area contributed by atoms with E-state index in [4.69, 9.17) is 11.6 Å². The van der Waals surface area contributed by atoms with Gasteiger partial charge in [-0.15, -0.1) is 0 Å².